The number of aryl methyl sites for hydroxylation is 1. The molecule has 0 aliphatic carbocycles. The van der Waals surface area contributed by atoms with E-state index in [0.717, 1.165) is 34.9 Å². The lowest BCUT2D eigenvalue weighted by Crippen LogP contribution is -2.36. The van der Waals surface area contributed by atoms with Gasteiger partial charge in [-0.25, -0.2) is 4.79 Å². The van der Waals surface area contributed by atoms with Gasteiger partial charge in [-0.05, 0) is 76.5 Å². The van der Waals surface area contributed by atoms with Crippen molar-refractivity contribution in [1.82, 2.24) is 13.7 Å². The van der Waals surface area contributed by atoms with Gasteiger partial charge in [0.1, 0.15) is 0 Å². The van der Waals surface area contributed by atoms with Crippen molar-refractivity contribution in [3.8, 4) is 16.9 Å². The number of benzene rings is 2. The molecule has 0 aliphatic heterocycles. The molecule has 4 aromatic rings. The van der Waals surface area contributed by atoms with Gasteiger partial charge in [0.15, 0.2) is 0 Å². The molecule has 32 heavy (non-hydrogen) atoms. The summed E-state index contributed by atoms with van der Waals surface area (Å²) in [5.41, 5.74) is 3.65. The van der Waals surface area contributed by atoms with Gasteiger partial charge in [-0.2, -0.15) is 0 Å². The second-order valence-corrected chi connectivity index (χ2v) is 11.4. The van der Waals surface area contributed by atoms with E-state index in [1.54, 1.807) is 7.05 Å². The SMILES string of the molecule is Cn1c(=O)c2c(-c3ccc(C(C)(C)C)cc3)n(-c3cc(Br)c(Br)c(Br)c3)cc2n(C)c1=O. The third kappa shape index (κ3) is 3.76. The van der Waals surface area contributed by atoms with Crippen molar-refractivity contribution in [2.24, 2.45) is 14.1 Å². The Morgan fingerprint density at radius 3 is 1.94 bits per heavy atom. The number of rotatable bonds is 2. The Bertz CT molecular complexity index is 1460. The fourth-order valence-electron chi connectivity index (χ4n) is 3.84. The standard InChI is InChI=1S/C24H22Br3N3O2/c1-24(2,3)14-8-6-13(7-9-14)21-19-18(28(4)23(32)29(5)22(19)31)12-30(21)15-10-16(25)20(27)17(26)11-15/h6-12H,1-5H3. The van der Waals surface area contributed by atoms with Crippen molar-refractivity contribution in [2.45, 2.75) is 26.2 Å². The normalized spacial score (nSPS) is 12.0. The molecule has 5 nitrogen and oxygen atoms in total. The van der Waals surface area contributed by atoms with Crippen molar-refractivity contribution >= 4 is 58.7 Å². The summed E-state index contributed by atoms with van der Waals surface area (Å²) in [5, 5.41) is 0.508. The Morgan fingerprint density at radius 1 is 0.844 bits per heavy atom. The molecule has 0 fully saturated rings. The smallest absolute Gasteiger partial charge is 0.313 e. The number of nitrogens with zero attached hydrogens (tertiary/aromatic N) is 3. The first-order chi connectivity index (χ1) is 14.9. The highest BCUT2D eigenvalue weighted by Gasteiger charge is 2.22. The summed E-state index contributed by atoms with van der Waals surface area (Å²) < 4.78 is 7.29. The van der Waals surface area contributed by atoms with E-state index in [9.17, 15) is 9.59 Å². The molecule has 0 radical (unpaired) electrons. The number of fused-ring (bicyclic) bond motifs is 1. The van der Waals surface area contributed by atoms with Gasteiger partial charge in [-0.3, -0.25) is 13.9 Å². The first-order valence-corrected chi connectivity index (χ1v) is 12.4. The van der Waals surface area contributed by atoms with Gasteiger partial charge >= 0.3 is 5.69 Å². The maximum Gasteiger partial charge on any atom is 0.330 e. The summed E-state index contributed by atoms with van der Waals surface area (Å²) in [6.07, 6.45) is 1.85. The summed E-state index contributed by atoms with van der Waals surface area (Å²) in [6.45, 7) is 6.51. The first-order valence-electron chi connectivity index (χ1n) is 9.98. The number of aromatic nitrogens is 3. The largest absolute Gasteiger partial charge is 0.330 e. The van der Waals surface area contributed by atoms with Crippen LogP contribution in [0.4, 0.5) is 0 Å². The van der Waals surface area contributed by atoms with E-state index in [0.29, 0.717) is 10.9 Å². The van der Waals surface area contributed by atoms with Crippen molar-refractivity contribution in [1.29, 1.82) is 0 Å². The van der Waals surface area contributed by atoms with E-state index in [4.69, 9.17) is 0 Å². The van der Waals surface area contributed by atoms with Crippen molar-refractivity contribution in [2.75, 3.05) is 0 Å². The van der Waals surface area contributed by atoms with Crippen LogP contribution >= 0.6 is 47.8 Å². The Balaban J connectivity index is 2.14. The lowest BCUT2D eigenvalue weighted by molar-refractivity contribution is 0.590. The van der Waals surface area contributed by atoms with Crippen molar-refractivity contribution in [3.05, 3.63) is 82.4 Å². The van der Waals surface area contributed by atoms with Gasteiger partial charge in [0, 0.05) is 39.4 Å². The maximum atomic E-state index is 13.3. The molecule has 0 spiro atoms. The van der Waals surface area contributed by atoms with E-state index < -0.39 is 0 Å². The topological polar surface area (TPSA) is 48.9 Å². The van der Waals surface area contributed by atoms with Gasteiger partial charge in [0.2, 0.25) is 0 Å². The van der Waals surface area contributed by atoms with Crippen LogP contribution in [0.5, 0.6) is 0 Å². The number of halogens is 3. The minimum atomic E-state index is -0.354. The molecular weight excluding hydrogens is 602 g/mol. The van der Waals surface area contributed by atoms with Gasteiger partial charge in [-0.1, -0.05) is 45.0 Å². The molecule has 2 aromatic heterocycles. The molecule has 0 unspecified atom stereocenters. The maximum absolute atomic E-state index is 13.3. The van der Waals surface area contributed by atoms with Crippen LogP contribution in [-0.2, 0) is 19.5 Å². The molecule has 0 bridgehead atoms. The Kier molecular flexibility index (Phi) is 5.92. The van der Waals surface area contributed by atoms with E-state index in [1.807, 2.05) is 35.0 Å². The van der Waals surface area contributed by atoms with Crippen LogP contribution in [0.3, 0.4) is 0 Å². The van der Waals surface area contributed by atoms with Crippen LogP contribution < -0.4 is 11.2 Å². The molecule has 4 rings (SSSR count). The molecule has 0 saturated heterocycles. The summed E-state index contributed by atoms with van der Waals surface area (Å²) in [6, 6.07) is 12.2. The zero-order chi connectivity index (χ0) is 23.5. The molecule has 8 heteroatoms. The fraction of sp³-hybridized carbons (Fsp3) is 0.250. The van der Waals surface area contributed by atoms with Crippen LogP contribution in [0, 0.1) is 0 Å². The summed E-state index contributed by atoms with van der Waals surface area (Å²) in [7, 11) is 3.20. The summed E-state index contributed by atoms with van der Waals surface area (Å²) >= 11 is 10.7. The molecule has 0 amide bonds. The third-order valence-electron chi connectivity index (χ3n) is 5.71. The van der Waals surface area contributed by atoms with Crippen molar-refractivity contribution < 1.29 is 0 Å². The zero-order valence-corrected chi connectivity index (χ0v) is 23.1. The molecule has 166 valence electrons. The molecule has 0 aliphatic rings. The molecule has 2 aromatic carbocycles. The van der Waals surface area contributed by atoms with Gasteiger partial charge in [0.05, 0.1) is 16.6 Å². The Morgan fingerprint density at radius 2 is 1.41 bits per heavy atom. The second kappa shape index (κ2) is 8.15. The third-order valence-corrected chi connectivity index (χ3v) is 8.88. The van der Waals surface area contributed by atoms with Gasteiger partial charge < -0.3 is 4.57 Å². The Labute approximate surface area is 211 Å². The average Bonchev–Trinajstić information content (AvgIpc) is 3.14. The van der Waals surface area contributed by atoms with Crippen LogP contribution in [0.2, 0.25) is 0 Å². The van der Waals surface area contributed by atoms with Crippen LogP contribution in [0.15, 0.2) is 65.6 Å². The zero-order valence-electron chi connectivity index (χ0n) is 18.3. The van der Waals surface area contributed by atoms with Gasteiger partial charge in [0.25, 0.3) is 5.56 Å². The summed E-state index contributed by atoms with van der Waals surface area (Å²) in [5.74, 6) is 0. The highest BCUT2D eigenvalue weighted by atomic mass is 79.9. The number of hydrogen-bond donors (Lipinski definition) is 0. The van der Waals surface area contributed by atoms with E-state index in [1.165, 1.54) is 17.2 Å². The van der Waals surface area contributed by atoms with E-state index in [-0.39, 0.29) is 16.7 Å². The highest BCUT2D eigenvalue weighted by Crippen LogP contribution is 2.37. The van der Waals surface area contributed by atoms with Crippen molar-refractivity contribution in [3.63, 3.8) is 0 Å². The fourth-order valence-corrected chi connectivity index (χ4v) is 5.23. The van der Waals surface area contributed by atoms with E-state index in [2.05, 4.69) is 80.7 Å². The minimum Gasteiger partial charge on any atom is -0.313 e. The van der Waals surface area contributed by atoms with E-state index >= 15 is 0 Å². The van der Waals surface area contributed by atoms with Crippen LogP contribution in [0.1, 0.15) is 26.3 Å². The monoisotopic (exact) mass is 621 g/mol. The minimum absolute atomic E-state index is 0.0179. The summed E-state index contributed by atoms with van der Waals surface area (Å²) in [4.78, 5) is 25.9. The Hall–Kier alpha value is -1.90. The number of hydrogen-bond acceptors (Lipinski definition) is 2. The van der Waals surface area contributed by atoms with Crippen LogP contribution in [-0.4, -0.2) is 13.7 Å². The highest BCUT2D eigenvalue weighted by molar-refractivity contribution is 9.14. The first kappa shape index (κ1) is 23.3. The lowest BCUT2D eigenvalue weighted by Gasteiger charge is -2.19. The quantitative estimate of drug-likeness (QED) is 0.247. The molecule has 2 heterocycles. The molecule has 0 N–H and O–H groups in total. The average molecular weight is 624 g/mol. The van der Waals surface area contributed by atoms with Gasteiger partial charge in [-0.15, -0.1) is 0 Å². The lowest BCUT2D eigenvalue weighted by atomic mass is 9.86. The molecule has 0 saturated carbocycles. The molecule has 0 atom stereocenters. The molecular formula is C24H22Br3N3O2. The predicted molar refractivity (Wildman–Crippen MR) is 141 cm³/mol. The predicted octanol–water partition coefficient (Wildman–Crippen LogP) is 6.28. The second-order valence-electron chi connectivity index (χ2n) is 8.86. The van der Waals surface area contributed by atoms with Crippen LogP contribution in [0.25, 0.3) is 27.8 Å².